The highest BCUT2D eigenvalue weighted by Crippen LogP contribution is 2.39. The first-order valence-corrected chi connectivity index (χ1v) is 7.78. The molecule has 0 N–H and O–H groups in total. The van der Waals surface area contributed by atoms with Crippen molar-refractivity contribution in [1.82, 2.24) is 15.3 Å². The quantitative estimate of drug-likeness (QED) is 0.493. The lowest BCUT2D eigenvalue weighted by Crippen LogP contribution is -1.86. The molecule has 2 heterocycles. The smallest absolute Gasteiger partial charge is 0.263 e. The highest BCUT2D eigenvalue weighted by atomic mass is 35.5. The topological polar surface area (TPSA) is 65.0 Å². The van der Waals surface area contributed by atoms with E-state index in [-0.39, 0.29) is 5.89 Å². The lowest BCUT2D eigenvalue weighted by Gasteiger charge is -2.03. The van der Waals surface area contributed by atoms with Gasteiger partial charge in [0, 0.05) is 11.1 Å². The monoisotopic (exact) mass is 357 g/mol. The number of hydrogen-bond donors (Lipinski definition) is 0. The zero-order chi connectivity index (χ0) is 16.5. The fraction of sp³-hybridized carbons (Fsp3) is 0. The Hall–Kier alpha value is -2.63. The van der Waals surface area contributed by atoms with Crippen LogP contribution < -0.4 is 0 Å². The molecule has 0 aliphatic heterocycles. The molecule has 0 saturated heterocycles. The van der Waals surface area contributed by atoms with Crippen molar-refractivity contribution in [3.05, 3.63) is 64.8 Å². The van der Waals surface area contributed by atoms with Gasteiger partial charge in [-0.1, -0.05) is 69.9 Å². The third-order valence-electron chi connectivity index (χ3n) is 3.46. The summed E-state index contributed by atoms with van der Waals surface area (Å²) in [4.78, 5) is 4.40. The van der Waals surface area contributed by atoms with Crippen molar-refractivity contribution >= 4 is 23.2 Å². The predicted octanol–water partition coefficient (Wildman–Crippen LogP) is 5.37. The van der Waals surface area contributed by atoms with Crippen LogP contribution in [0.4, 0.5) is 0 Å². The molecule has 0 aliphatic carbocycles. The Labute approximate surface area is 146 Å². The van der Waals surface area contributed by atoms with E-state index in [1.165, 1.54) is 6.26 Å². The average molecular weight is 358 g/mol. The number of nitrogens with zero attached hydrogens (tertiary/aromatic N) is 3. The van der Waals surface area contributed by atoms with E-state index < -0.39 is 0 Å². The van der Waals surface area contributed by atoms with E-state index in [1.807, 2.05) is 30.3 Å². The molecular formula is C17H9Cl2N3O2. The molecule has 0 atom stereocenters. The Bertz CT molecular complexity index is 976. The molecule has 2 aromatic carbocycles. The number of rotatable bonds is 3. The highest BCUT2D eigenvalue weighted by molar-refractivity contribution is 6.39. The van der Waals surface area contributed by atoms with E-state index in [9.17, 15) is 0 Å². The first-order valence-electron chi connectivity index (χ1n) is 7.02. The molecule has 7 heteroatoms. The molecule has 5 nitrogen and oxygen atoms in total. The van der Waals surface area contributed by atoms with Crippen LogP contribution in [-0.2, 0) is 0 Å². The third-order valence-corrected chi connectivity index (χ3v) is 4.09. The van der Waals surface area contributed by atoms with Crippen molar-refractivity contribution in [2.75, 3.05) is 0 Å². The lowest BCUT2D eigenvalue weighted by atomic mass is 10.1. The van der Waals surface area contributed by atoms with Crippen LogP contribution in [-0.4, -0.2) is 15.3 Å². The van der Waals surface area contributed by atoms with Gasteiger partial charge in [0.25, 0.3) is 5.89 Å². The van der Waals surface area contributed by atoms with Crippen molar-refractivity contribution in [3.8, 4) is 34.1 Å². The van der Waals surface area contributed by atoms with E-state index >= 15 is 0 Å². The summed E-state index contributed by atoms with van der Waals surface area (Å²) in [5.41, 5.74) is 2.39. The minimum Gasteiger partial charge on any atom is -0.363 e. The summed E-state index contributed by atoms with van der Waals surface area (Å²) >= 11 is 12.5. The second-order valence-electron chi connectivity index (χ2n) is 4.96. The number of aromatic nitrogens is 3. The maximum absolute atomic E-state index is 6.25. The second kappa shape index (κ2) is 6.11. The van der Waals surface area contributed by atoms with E-state index in [2.05, 4.69) is 15.3 Å². The molecule has 0 saturated carbocycles. The second-order valence-corrected chi connectivity index (χ2v) is 5.78. The molecular weight excluding hydrogens is 349 g/mol. The van der Waals surface area contributed by atoms with E-state index in [0.717, 1.165) is 5.56 Å². The van der Waals surface area contributed by atoms with Crippen LogP contribution in [0.1, 0.15) is 0 Å². The summed E-state index contributed by atoms with van der Waals surface area (Å²) in [6.07, 6.45) is 1.43. The zero-order valence-corrected chi connectivity index (χ0v) is 13.6. The van der Waals surface area contributed by atoms with Gasteiger partial charge >= 0.3 is 0 Å². The molecule has 4 rings (SSSR count). The largest absolute Gasteiger partial charge is 0.363 e. The van der Waals surface area contributed by atoms with Gasteiger partial charge in [-0.15, -0.1) is 0 Å². The van der Waals surface area contributed by atoms with Crippen molar-refractivity contribution in [2.45, 2.75) is 0 Å². The van der Waals surface area contributed by atoms with E-state index in [1.54, 1.807) is 18.2 Å². The van der Waals surface area contributed by atoms with Crippen LogP contribution in [0.3, 0.4) is 0 Å². The lowest BCUT2D eigenvalue weighted by molar-refractivity contribution is 0.418. The predicted molar refractivity (Wildman–Crippen MR) is 90.7 cm³/mol. The SMILES string of the molecule is Clc1cccc(Cl)c1-c1nocc1-c1nc(-c2ccccc2)no1. The first kappa shape index (κ1) is 14.9. The number of halogens is 2. The molecule has 0 amide bonds. The van der Waals surface area contributed by atoms with Gasteiger partial charge < -0.3 is 9.05 Å². The van der Waals surface area contributed by atoms with Crippen LogP contribution >= 0.6 is 23.2 Å². The van der Waals surface area contributed by atoms with Crippen molar-refractivity contribution < 1.29 is 9.05 Å². The van der Waals surface area contributed by atoms with Gasteiger partial charge in [-0.2, -0.15) is 4.98 Å². The fourth-order valence-electron chi connectivity index (χ4n) is 2.33. The number of hydrogen-bond acceptors (Lipinski definition) is 5. The normalized spacial score (nSPS) is 10.9. The van der Waals surface area contributed by atoms with Crippen LogP contribution in [0.15, 0.2) is 63.8 Å². The summed E-state index contributed by atoms with van der Waals surface area (Å²) in [5, 5.41) is 8.91. The van der Waals surface area contributed by atoms with Gasteiger partial charge in [0.05, 0.1) is 10.0 Å². The summed E-state index contributed by atoms with van der Waals surface area (Å²) < 4.78 is 10.4. The average Bonchev–Trinajstić information content (AvgIpc) is 3.24. The first-order chi connectivity index (χ1) is 11.7. The Kier molecular flexibility index (Phi) is 3.80. The summed E-state index contributed by atoms with van der Waals surface area (Å²) in [6.45, 7) is 0. The molecule has 118 valence electrons. The molecule has 0 fully saturated rings. The van der Waals surface area contributed by atoms with Crippen molar-refractivity contribution in [2.24, 2.45) is 0 Å². The summed E-state index contributed by atoms with van der Waals surface area (Å²) in [6, 6.07) is 14.7. The summed E-state index contributed by atoms with van der Waals surface area (Å²) in [5.74, 6) is 0.754. The van der Waals surface area contributed by atoms with Crippen LogP contribution in [0.5, 0.6) is 0 Å². The van der Waals surface area contributed by atoms with Gasteiger partial charge in [0.2, 0.25) is 5.82 Å². The molecule has 2 aromatic heterocycles. The van der Waals surface area contributed by atoms with Gasteiger partial charge in [0.15, 0.2) is 0 Å². The molecule has 0 spiro atoms. The van der Waals surface area contributed by atoms with Crippen LogP contribution in [0.2, 0.25) is 10.0 Å². The van der Waals surface area contributed by atoms with Gasteiger partial charge in [-0.05, 0) is 12.1 Å². The molecule has 0 unspecified atom stereocenters. The fourth-order valence-corrected chi connectivity index (χ4v) is 2.91. The van der Waals surface area contributed by atoms with Gasteiger partial charge in [-0.3, -0.25) is 0 Å². The minimum absolute atomic E-state index is 0.279. The van der Waals surface area contributed by atoms with E-state index in [4.69, 9.17) is 32.2 Å². The molecule has 4 aromatic rings. The van der Waals surface area contributed by atoms with Gasteiger partial charge in [-0.25, -0.2) is 0 Å². The Morgan fingerprint density at radius 2 is 1.58 bits per heavy atom. The highest BCUT2D eigenvalue weighted by Gasteiger charge is 2.22. The molecule has 0 aliphatic rings. The van der Waals surface area contributed by atoms with E-state index in [0.29, 0.717) is 32.7 Å². The van der Waals surface area contributed by atoms with Crippen LogP contribution in [0.25, 0.3) is 34.1 Å². The summed E-state index contributed by atoms with van der Waals surface area (Å²) in [7, 11) is 0. The Morgan fingerprint density at radius 1 is 0.833 bits per heavy atom. The molecule has 0 radical (unpaired) electrons. The maximum atomic E-state index is 6.25. The standard InChI is InChI=1S/C17H9Cl2N3O2/c18-12-7-4-8-13(19)14(12)15-11(9-23-21-15)17-20-16(22-24-17)10-5-2-1-3-6-10/h1-9H. The molecule has 24 heavy (non-hydrogen) atoms. The van der Waals surface area contributed by atoms with Gasteiger partial charge in [0.1, 0.15) is 17.5 Å². The van der Waals surface area contributed by atoms with Crippen LogP contribution in [0, 0.1) is 0 Å². The molecule has 0 bridgehead atoms. The third kappa shape index (κ3) is 2.58. The minimum atomic E-state index is 0.279. The van der Waals surface area contributed by atoms with Crippen molar-refractivity contribution in [1.29, 1.82) is 0 Å². The van der Waals surface area contributed by atoms with Crippen molar-refractivity contribution in [3.63, 3.8) is 0 Å². The zero-order valence-electron chi connectivity index (χ0n) is 12.1. The Balaban J connectivity index is 1.80. The number of benzene rings is 2. The maximum Gasteiger partial charge on any atom is 0.263 e. The Morgan fingerprint density at radius 3 is 2.33 bits per heavy atom.